The van der Waals surface area contributed by atoms with E-state index in [9.17, 15) is 0 Å². The summed E-state index contributed by atoms with van der Waals surface area (Å²) in [7, 11) is 4.12. The zero-order chi connectivity index (χ0) is 20.5. The lowest BCUT2D eigenvalue weighted by Crippen LogP contribution is -2.37. The van der Waals surface area contributed by atoms with Gasteiger partial charge in [0.05, 0.1) is 18.0 Å². The van der Waals surface area contributed by atoms with Gasteiger partial charge in [-0.25, -0.2) is 9.97 Å². The van der Waals surface area contributed by atoms with Crippen molar-refractivity contribution >= 4 is 27.4 Å². The van der Waals surface area contributed by atoms with Crippen molar-refractivity contribution in [3.63, 3.8) is 0 Å². The molecule has 1 unspecified atom stereocenters. The Balaban J connectivity index is 1.61. The third-order valence-corrected chi connectivity index (χ3v) is 6.47. The highest BCUT2D eigenvalue weighted by molar-refractivity contribution is 7.17. The van der Waals surface area contributed by atoms with E-state index in [4.69, 9.17) is 9.97 Å². The fraction of sp³-hybridized carbons (Fsp3) is 0.348. The molecule has 1 saturated heterocycles. The Kier molecular flexibility index (Phi) is 5.23. The first-order chi connectivity index (χ1) is 14.7. The van der Waals surface area contributed by atoms with Gasteiger partial charge in [-0.2, -0.15) is 5.10 Å². The normalized spacial score (nSPS) is 17.2. The van der Waals surface area contributed by atoms with Gasteiger partial charge >= 0.3 is 0 Å². The van der Waals surface area contributed by atoms with Gasteiger partial charge in [-0.3, -0.25) is 4.68 Å². The lowest BCUT2D eigenvalue weighted by Gasteiger charge is -2.34. The van der Waals surface area contributed by atoms with Gasteiger partial charge in [-0.1, -0.05) is 30.3 Å². The maximum Gasteiger partial charge on any atom is 0.146 e. The standard InChI is InChI=1S/C23H26N6S/c1-27(2)15-20-25-22(28-12-6-10-18(14-28)29-13-7-11-24-29)21-19(16-30-23(21)26-20)17-8-4-3-5-9-17/h3-5,7-9,11,13,16,18H,6,10,12,14-15H2,1-2H3. The van der Waals surface area contributed by atoms with Crippen LogP contribution in [-0.4, -0.2) is 51.8 Å². The smallest absolute Gasteiger partial charge is 0.146 e. The van der Waals surface area contributed by atoms with Gasteiger partial charge in [0, 0.05) is 36.4 Å². The molecule has 7 heteroatoms. The molecular formula is C23H26N6S. The van der Waals surface area contributed by atoms with E-state index in [2.05, 4.69) is 75.6 Å². The average Bonchev–Trinajstić information content (AvgIpc) is 3.44. The zero-order valence-electron chi connectivity index (χ0n) is 17.4. The van der Waals surface area contributed by atoms with Crippen LogP contribution in [0.2, 0.25) is 0 Å². The molecule has 0 spiro atoms. The van der Waals surface area contributed by atoms with Crippen LogP contribution in [0.25, 0.3) is 21.3 Å². The third-order valence-electron chi connectivity index (χ3n) is 5.60. The highest BCUT2D eigenvalue weighted by Gasteiger charge is 2.26. The molecule has 0 amide bonds. The minimum atomic E-state index is 0.370. The molecule has 1 aliphatic rings. The SMILES string of the molecule is CN(C)Cc1nc(N2CCCC(n3cccn3)C2)c2c(-c3ccccc3)csc2n1. The molecular weight excluding hydrogens is 392 g/mol. The van der Waals surface area contributed by atoms with Crippen LogP contribution >= 0.6 is 11.3 Å². The molecule has 3 aromatic heterocycles. The Morgan fingerprint density at radius 3 is 2.77 bits per heavy atom. The molecule has 4 heterocycles. The van der Waals surface area contributed by atoms with Crippen LogP contribution in [0.5, 0.6) is 0 Å². The Bertz CT molecular complexity index is 1120. The van der Waals surface area contributed by atoms with Crippen LogP contribution < -0.4 is 4.90 Å². The van der Waals surface area contributed by atoms with Crippen molar-refractivity contribution < 1.29 is 0 Å². The summed E-state index contributed by atoms with van der Waals surface area (Å²) in [6.07, 6.45) is 6.21. The minimum Gasteiger partial charge on any atom is -0.354 e. The van der Waals surface area contributed by atoms with Gasteiger partial charge < -0.3 is 9.80 Å². The second-order valence-corrected chi connectivity index (χ2v) is 8.98. The van der Waals surface area contributed by atoms with Crippen LogP contribution in [-0.2, 0) is 6.54 Å². The number of fused-ring (bicyclic) bond motifs is 1. The summed E-state index contributed by atoms with van der Waals surface area (Å²) >= 11 is 1.71. The largest absolute Gasteiger partial charge is 0.354 e. The van der Waals surface area contributed by atoms with Crippen LogP contribution in [0, 0.1) is 0 Å². The van der Waals surface area contributed by atoms with E-state index in [0.717, 1.165) is 48.9 Å². The fourth-order valence-electron chi connectivity index (χ4n) is 4.24. The van der Waals surface area contributed by atoms with E-state index in [0.29, 0.717) is 6.04 Å². The van der Waals surface area contributed by atoms with Gasteiger partial charge in [-0.05, 0) is 38.6 Å². The molecule has 4 aromatic rings. The van der Waals surface area contributed by atoms with Crippen LogP contribution in [0.3, 0.4) is 0 Å². The number of rotatable bonds is 5. The highest BCUT2D eigenvalue weighted by Crippen LogP contribution is 2.39. The summed E-state index contributed by atoms with van der Waals surface area (Å²) in [5.41, 5.74) is 2.44. The number of hydrogen-bond acceptors (Lipinski definition) is 6. The lowest BCUT2D eigenvalue weighted by atomic mass is 10.0. The molecule has 0 bridgehead atoms. The van der Waals surface area contributed by atoms with E-state index in [1.165, 1.54) is 16.5 Å². The van der Waals surface area contributed by atoms with Crippen molar-refractivity contribution in [1.82, 2.24) is 24.6 Å². The van der Waals surface area contributed by atoms with Gasteiger partial charge in [0.2, 0.25) is 0 Å². The topological polar surface area (TPSA) is 50.1 Å². The number of benzene rings is 1. The fourth-order valence-corrected chi connectivity index (χ4v) is 5.20. The van der Waals surface area contributed by atoms with E-state index in [-0.39, 0.29) is 0 Å². The summed E-state index contributed by atoms with van der Waals surface area (Å²) in [6, 6.07) is 13.0. The molecule has 1 fully saturated rings. The summed E-state index contributed by atoms with van der Waals surface area (Å²) in [5, 5.41) is 7.90. The monoisotopic (exact) mass is 418 g/mol. The molecule has 0 N–H and O–H groups in total. The summed E-state index contributed by atoms with van der Waals surface area (Å²) < 4.78 is 2.09. The molecule has 1 aliphatic heterocycles. The number of aromatic nitrogens is 4. The second-order valence-electron chi connectivity index (χ2n) is 8.12. The average molecular weight is 419 g/mol. The Morgan fingerprint density at radius 2 is 2.00 bits per heavy atom. The first kappa shape index (κ1) is 19.2. The molecule has 5 rings (SSSR count). The molecule has 154 valence electrons. The number of piperidine rings is 1. The Labute approximate surface area is 180 Å². The molecule has 0 aliphatic carbocycles. The molecule has 6 nitrogen and oxygen atoms in total. The molecule has 1 atom stereocenters. The first-order valence-electron chi connectivity index (χ1n) is 10.4. The molecule has 30 heavy (non-hydrogen) atoms. The van der Waals surface area contributed by atoms with Crippen LogP contribution in [0.15, 0.2) is 54.2 Å². The first-order valence-corrected chi connectivity index (χ1v) is 11.3. The van der Waals surface area contributed by atoms with Gasteiger partial charge in [0.1, 0.15) is 16.5 Å². The van der Waals surface area contributed by atoms with Crippen molar-refractivity contribution in [2.45, 2.75) is 25.4 Å². The number of anilines is 1. The molecule has 1 aromatic carbocycles. The summed E-state index contributed by atoms with van der Waals surface area (Å²) in [6.45, 7) is 2.66. The number of thiophene rings is 1. The Hall–Kier alpha value is -2.77. The lowest BCUT2D eigenvalue weighted by molar-refractivity contribution is 0.373. The zero-order valence-corrected chi connectivity index (χ0v) is 18.2. The summed E-state index contributed by atoms with van der Waals surface area (Å²) in [4.78, 5) is 15.6. The van der Waals surface area contributed by atoms with Crippen molar-refractivity contribution in [2.75, 3.05) is 32.1 Å². The maximum atomic E-state index is 5.09. The van der Waals surface area contributed by atoms with E-state index < -0.39 is 0 Å². The molecule has 0 radical (unpaired) electrons. The third kappa shape index (κ3) is 3.70. The van der Waals surface area contributed by atoms with Crippen molar-refractivity contribution in [1.29, 1.82) is 0 Å². The van der Waals surface area contributed by atoms with Crippen LogP contribution in [0.4, 0.5) is 5.82 Å². The summed E-state index contributed by atoms with van der Waals surface area (Å²) in [5.74, 6) is 1.94. The van der Waals surface area contributed by atoms with Gasteiger partial charge in [0.15, 0.2) is 0 Å². The van der Waals surface area contributed by atoms with E-state index >= 15 is 0 Å². The van der Waals surface area contributed by atoms with E-state index in [1.54, 1.807) is 11.3 Å². The van der Waals surface area contributed by atoms with Gasteiger partial charge in [0.25, 0.3) is 0 Å². The maximum absolute atomic E-state index is 5.09. The van der Waals surface area contributed by atoms with Crippen molar-refractivity contribution in [3.8, 4) is 11.1 Å². The predicted molar refractivity (Wildman–Crippen MR) is 123 cm³/mol. The van der Waals surface area contributed by atoms with Crippen molar-refractivity contribution in [3.05, 3.63) is 60.0 Å². The highest BCUT2D eigenvalue weighted by atomic mass is 32.1. The van der Waals surface area contributed by atoms with Crippen molar-refractivity contribution in [2.24, 2.45) is 0 Å². The number of nitrogens with zero attached hydrogens (tertiary/aromatic N) is 6. The quantitative estimate of drug-likeness (QED) is 0.479. The number of hydrogen-bond donors (Lipinski definition) is 0. The molecule has 0 saturated carbocycles. The second kappa shape index (κ2) is 8.16. The minimum absolute atomic E-state index is 0.370. The van der Waals surface area contributed by atoms with Gasteiger partial charge in [-0.15, -0.1) is 11.3 Å². The Morgan fingerprint density at radius 1 is 1.13 bits per heavy atom. The predicted octanol–water partition coefficient (Wildman–Crippen LogP) is 4.46. The van der Waals surface area contributed by atoms with Crippen LogP contribution in [0.1, 0.15) is 24.7 Å². The van der Waals surface area contributed by atoms with E-state index in [1.807, 2.05) is 12.3 Å².